The highest BCUT2D eigenvalue weighted by Crippen LogP contribution is 2.49. The van der Waals surface area contributed by atoms with Gasteiger partial charge in [0, 0.05) is 49.7 Å². The fraction of sp³-hybridized carbons (Fsp3) is 0.595. The van der Waals surface area contributed by atoms with E-state index in [1.807, 2.05) is 57.4 Å². The number of piperidine rings is 1. The van der Waals surface area contributed by atoms with Crippen molar-refractivity contribution in [3.8, 4) is 23.1 Å². The van der Waals surface area contributed by atoms with Crippen LogP contribution >= 0.6 is 11.6 Å². The third-order valence-corrected chi connectivity index (χ3v) is 10.9. The molecule has 2 aliphatic heterocycles. The molecular formula is C37H47ClFN7O5. The van der Waals surface area contributed by atoms with Crippen molar-refractivity contribution in [3.63, 3.8) is 0 Å². The molecule has 3 aromatic heterocycles. The number of benzene rings is 1. The number of aromatic nitrogens is 5. The summed E-state index contributed by atoms with van der Waals surface area (Å²) in [5.74, 6) is -0.130. The summed E-state index contributed by atoms with van der Waals surface area (Å²) in [6.07, 6.45) is 8.48. The van der Waals surface area contributed by atoms with Gasteiger partial charge in [-0.1, -0.05) is 18.0 Å². The highest BCUT2D eigenvalue weighted by atomic mass is 35.5. The van der Waals surface area contributed by atoms with Gasteiger partial charge in [0.05, 0.1) is 30.5 Å². The molecule has 3 atom stereocenters. The van der Waals surface area contributed by atoms with Crippen LogP contribution in [0.25, 0.3) is 33.1 Å². The van der Waals surface area contributed by atoms with E-state index < -0.39 is 11.4 Å². The zero-order valence-corrected chi connectivity index (χ0v) is 31.3. The molecule has 0 radical (unpaired) electrons. The summed E-state index contributed by atoms with van der Waals surface area (Å²) in [4.78, 5) is 31.0. The molecular weight excluding hydrogens is 677 g/mol. The normalized spacial score (nSPS) is 22.3. The van der Waals surface area contributed by atoms with Crippen molar-refractivity contribution in [2.45, 2.75) is 96.9 Å². The maximum atomic E-state index is 17.1. The number of carbonyl (C=O) groups is 1. The van der Waals surface area contributed by atoms with Crippen LogP contribution < -0.4 is 14.4 Å². The maximum Gasteiger partial charge on any atom is 0.410 e. The van der Waals surface area contributed by atoms with Crippen molar-refractivity contribution in [2.75, 3.05) is 45.9 Å². The van der Waals surface area contributed by atoms with Crippen molar-refractivity contribution in [1.82, 2.24) is 29.6 Å². The van der Waals surface area contributed by atoms with E-state index in [1.54, 1.807) is 11.1 Å². The molecule has 5 heterocycles. The third-order valence-electron chi connectivity index (χ3n) is 10.4. The number of nitrogens with zero attached hydrogens (tertiary/aromatic N) is 7. The van der Waals surface area contributed by atoms with E-state index in [1.165, 1.54) is 7.11 Å². The second-order valence-corrected chi connectivity index (χ2v) is 15.7. The number of likely N-dealkylation sites (tertiary alicyclic amines) is 1. The van der Waals surface area contributed by atoms with Crippen molar-refractivity contribution in [3.05, 3.63) is 28.7 Å². The van der Waals surface area contributed by atoms with Crippen LogP contribution in [-0.4, -0.2) is 88.3 Å². The summed E-state index contributed by atoms with van der Waals surface area (Å²) >= 11 is 6.97. The van der Waals surface area contributed by atoms with E-state index in [4.69, 9.17) is 40.5 Å². The van der Waals surface area contributed by atoms with Gasteiger partial charge in [-0.15, -0.1) is 0 Å². The Morgan fingerprint density at radius 2 is 1.92 bits per heavy atom. The SMILES string of the molecule is COc1nc(-c2c(Cl)c(C)cc3c2cnn3C2CCCCO2)c(F)c2nc(OC[C@]34CCC[C@H]3N(C(=O)OC(C)(C)C)CCC4)nc(N(C)C)c12. The topological polar surface area (TPSA) is 117 Å². The lowest BCUT2D eigenvalue weighted by molar-refractivity contribution is -0.0366. The number of anilines is 1. The standard InChI is InChI=1S/C37H47ClFN7O5/c1-21-18-23-22(19-40-46(23)25-13-8-9-17-49-25)26(28(21)38)30-29(39)31-27(33(41-30)48-7)32(44(5)6)43-34(42-31)50-20-37-14-10-12-24(37)45(16-11-15-37)35(47)51-36(2,3)4/h18-19,24-25H,8-17,20H2,1-7H3/t24-,25?,37-/m1/s1. The Morgan fingerprint density at radius 3 is 2.63 bits per heavy atom. The molecule has 4 aromatic rings. The summed E-state index contributed by atoms with van der Waals surface area (Å²) < 4.78 is 43.0. The zero-order valence-electron chi connectivity index (χ0n) is 30.5. The first-order valence-electron chi connectivity index (χ1n) is 17.8. The minimum Gasteiger partial charge on any atom is -0.480 e. The first-order valence-corrected chi connectivity index (χ1v) is 18.2. The number of hydrogen-bond acceptors (Lipinski definition) is 10. The predicted molar refractivity (Wildman–Crippen MR) is 193 cm³/mol. The number of rotatable bonds is 7. The minimum absolute atomic E-state index is 0.00113. The molecule has 3 fully saturated rings. The van der Waals surface area contributed by atoms with Gasteiger partial charge in [0.15, 0.2) is 12.0 Å². The van der Waals surface area contributed by atoms with Gasteiger partial charge in [-0.3, -0.25) is 0 Å². The second kappa shape index (κ2) is 13.5. The molecule has 12 nitrogen and oxygen atoms in total. The summed E-state index contributed by atoms with van der Waals surface area (Å²) in [5, 5.41) is 5.98. The third kappa shape index (κ3) is 6.41. The minimum atomic E-state index is -0.678. The number of aryl methyl sites for hydroxylation is 1. The van der Waals surface area contributed by atoms with Crippen LogP contribution in [0.15, 0.2) is 12.3 Å². The molecule has 51 heavy (non-hydrogen) atoms. The number of amides is 1. The number of carbonyl (C=O) groups excluding carboxylic acids is 1. The number of methoxy groups -OCH3 is 1. The molecule has 0 spiro atoms. The van der Waals surface area contributed by atoms with Gasteiger partial charge in [-0.05, 0) is 84.3 Å². The van der Waals surface area contributed by atoms with Gasteiger partial charge < -0.3 is 28.7 Å². The lowest BCUT2D eigenvalue weighted by Gasteiger charge is -2.46. The Hall–Kier alpha value is -3.97. The van der Waals surface area contributed by atoms with E-state index in [0.717, 1.165) is 62.4 Å². The quantitative estimate of drug-likeness (QED) is 0.187. The molecule has 14 heteroatoms. The van der Waals surface area contributed by atoms with Gasteiger partial charge in [-0.2, -0.15) is 15.1 Å². The molecule has 1 saturated carbocycles. The highest BCUT2D eigenvalue weighted by Gasteiger charge is 2.51. The summed E-state index contributed by atoms with van der Waals surface area (Å²) in [7, 11) is 5.11. The van der Waals surface area contributed by atoms with Crippen LogP contribution in [0.4, 0.5) is 15.0 Å². The number of fused-ring (bicyclic) bond motifs is 3. The van der Waals surface area contributed by atoms with Gasteiger partial charge in [0.2, 0.25) is 5.88 Å². The van der Waals surface area contributed by atoms with Gasteiger partial charge in [-0.25, -0.2) is 18.9 Å². The molecule has 0 N–H and O–H groups in total. The van der Waals surface area contributed by atoms with Crippen LogP contribution in [0.5, 0.6) is 11.9 Å². The number of hydrogen-bond donors (Lipinski definition) is 0. The van der Waals surface area contributed by atoms with Gasteiger partial charge in [0.25, 0.3) is 0 Å². The molecule has 1 unspecified atom stereocenters. The van der Waals surface area contributed by atoms with Crippen LogP contribution in [0.1, 0.15) is 83.9 Å². The molecule has 1 aromatic carbocycles. The largest absolute Gasteiger partial charge is 0.480 e. The van der Waals surface area contributed by atoms with Crippen molar-refractivity contribution >= 4 is 45.3 Å². The Bertz CT molecular complexity index is 1970. The smallest absolute Gasteiger partial charge is 0.410 e. The molecule has 1 aliphatic carbocycles. The van der Waals surface area contributed by atoms with E-state index in [0.29, 0.717) is 40.3 Å². The average Bonchev–Trinajstić information content (AvgIpc) is 3.72. The zero-order chi connectivity index (χ0) is 36.2. The highest BCUT2D eigenvalue weighted by molar-refractivity contribution is 6.35. The monoisotopic (exact) mass is 723 g/mol. The van der Waals surface area contributed by atoms with Crippen LogP contribution in [0.2, 0.25) is 5.02 Å². The predicted octanol–water partition coefficient (Wildman–Crippen LogP) is 7.86. The molecule has 3 aliphatic rings. The van der Waals surface area contributed by atoms with E-state index in [2.05, 4.69) is 10.1 Å². The molecule has 274 valence electrons. The van der Waals surface area contributed by atoms with Crippen LogP contribution in [0, 0.1) is 18.2 Å². The fourth-order valence-corrected chi connectivity index (χ4v) is 8.36. The van der Waals surface area contributed by atoms with Crippen molar-refractivity contribution in [1.29, 1.82) is 0 Å². The van der Waals surface area contributed by atoms with Crippen molar-refractivity contribution in [2.24, 2.45) is 5.41 Å². The van der Waals surface area contributed by atoms with Crippen molar-refractivity contribution < 1.29 is 28.1 Å². The average molecular weight is 724 g/mol. The molecule has 2 saturated heterocycles. The van der Waals surface area contributed by atoms with Crippen LogP contribution in [-0.2, 0) is 9.47 Å². The number of halogens is 2. The lowest BCUT2D eigenvalue weighted by Crippen LogP contribution is -2.55. The Kier molecular flexibility index (Phi) is 9.41. The first kappa shape index (κ1) is 35.4. The molecule has 1 amide bonds. The van der Waals surface area contributed by atoms with Gasteiger partial charge >= 0.3 is 12.1 Å². The summed E-state index contributed by atoms with van der Waals surface area (Å²) in [5.41, 5.74) is 1.02. The Balaban J connectivity index is 1.30. The van der Waals surface area contributed by atoms with Crippen LogP contribution in [0.3, 0.4) is 0 Å². The Labute approximate surface area is 302 Å². The maximum absolute atomic E-state index is 17.1. The molecule has 7 rings (SSSR count). The fourth-order valence-electron chi connectivity index (χ4n) is 8.12. The lowest BCUT2D eigenvalue weighted by atomic mass is 9.75. The molecule has 0 bridgehead atoms. The Morgan fingerprint density at radius 1 is 1.14 bits per heavy atom. The number of ether oxygens (including phenoxy) is 4. The number of pyridine rings is 1. The first-order chi connectivity index (χ1) is 24.3. The second-order valence-electron chi connectivity index (χ2n) is 15.3. The van der Waals surface area contributed by atoms with E-state index in [-0.39, 0.29) is 53.5 Å². The van der Waals surface area contributed by atoms with E-state index in [9.17, 15) is 4.79 Å². The van der Waals surface area contributed by atoms with Gasteiger partial charge in [0.1, 0.15) is 28.0 Å². The summed E-state index contributed by atoms with van der Waals surface area (Å²) in [6.45, 7) is 9.09. The summed E-state index contributed by atoms with van der Waals surface area (Å²) in [6, 6.07) is 1.95. The van der Waals surface area contributed by atoms with E-state index >= 15 is 4.39 Å².